The van der Waals surface area contributed by atoms with Gasteiger partial charge < -0.3 is 0 Å². The first kappa shape index (κ1) is 27.8. The van der Waals surface area contributed by atoms with Gasteiger partial charge >= 0.3 is 0 Å². The number of pyridine rings is 1. The molecule has 0 saturated carbocycles. The average Bonchev–Trinajstić information content (AvgIpc) is 3.18. The van der Waals surface area contributed by atoms with Gasteiger partial charge in [0.1, 0.15) is 0 Å². The van der Waals surface area contributed by atoms with Crippen molar-refractivity contribution in [2.24, 2.45) is 0 Å². The smallest absolute Gasteiger partial charge is 0.164 e. The third-order valence-electron chi connectivity index (χ3n) is 8.92. The zero-order valence-corrected chi connectivity index (χ0v) is 26.0. The number of nitrogens with zero attached hydrogens (tertiary/aromatic N) is 4. The van der Waals surface area contributed by atoms with Crippen molar-refractivity contribution in [3.05, 3.63) is 170 Å². The van der Waals surface area contributed by atoms with E-state index >= 15 is 0 Å². The van der Waals surface area contributed by atoms with Crippen LogP contribution in [0.5, 0.6) is 0 Å². The van der Waals surface area contributed by atoms with Crippen LogP contribution in [0.15, 0.2) is 170 Å². The number of benzene rings is 7. The third-order valence-corrected chi connectivity index (χ3v) is 8.92. The van der Waals surface area contributed by atoms with Crippen molar-refractivity contribution in [1.29, 1.82) is 0 Å². The van der Waals surface area contributed by atoms with Crippen molar-refractivity contribution >= 4 is 32.4 Å². The van der Waals surface area contributed by atoms with Crippen molar-refractivity contribution in [2.75, 3.05) is 0 Å². The van der Waals surface area contributed by atoms with E-state index in [2.05, 4.69) is 103 Å². The molecule has 48 heavy (non-hydrogen) atoms. The molecule has 4 heteroatoms. The Hall–Kier alpha value is -6.52. The molecule has 2 heterocycles. The van der Waals surface area contributed by atoms with Gasteiger partial charge in [0, 0.05) is 33.0 Å². The number of rotatable bonds is 5. The molecule has 0 spiro atoms. The van der Waals surface area contributed by atoms with E-state index in [-0.39, 0.29) is 0 Å². The summed E-state index contributed by atoms with van der Waals surface area (Å²) in [4.78, 5) is 19.9. The molecular formula is C44H28N4. The summed E-state index contributed by atoms with van der Waals surface area (Å²) >= 11 is 0. The fraction of sp³-hybridized carbons (Fsp3) is 0. The summed E-state index contributed by atoms with van der Waals surface area (Å²) in [5, 5.41) is 5.84. The molecule has 9 aromatic rings. The lowest BCUT2D eigenvalue weighted by atomic mass is 9.94. The fourth-order valence-corrected chi connectivity index (χ4v) is 6.53. The minimum Gasteiger partial charge on any atom is -0.247 e. The maximum atomic E-state index is 5.11. The van der Waals surface area contributed by atoms with Gasteiger partial charge in [-0.1, -0.05) is 158 Å². The molecular weight excluding hydrogens is 585 g/mol. The van der Waals surface area contributed by atoms with E-state index in [1.165, 1.54) is 10.8 Å². The lowest BCUT2D eigenvalue weighted by Gasteiger charge is -2.12. The van der Waals surface area contributed by atoms with Gasteiger partial charge in [-0.15, -0.1) is 0 Å². The Morgan fingerprint density at radius 2 is 0.833 bits per heavy atom. The lowest BCUT2D eigenvalue weighted by molar-refractivity contribution is 1.07. The molecule has 0 aliphatic carbocycles. The second-order valence-electron chi connectivity index (χ2n) is 11.9. The predicted octanol–water partition coefficient (Wildman–Crippen LogP) is 11.1. The van der Waals surface area contributed by atoms with Gasteiger partial charge in [0.2, 0.25) is 0 Å². The highest BCUT2D eigenvalue weighted by molar-refractivity contribution is 6.11. The van der Waals surface area contributed by atoms with E-state index in [1.807, 2.05) is 66.7 Å². The van der Waals surface area contributed by atoms with Crippen molar-refractivity contribution in [1.82, 2.24) is 19.9 Å². The van der Waals surface area contributed by atoms with Gasteiger partial charge in [0.15, 0.2) is 17.5 Å². The SMILES string of the molecule is c1ccc(-c2nc(-c3ccccc3)nc(-c3ccc4cccc(-c5ccc(-c6nc7ccccc7c7ccccc67)cc5)c4c3)n2)cc1. The summed E-state index contributed by atoms with van der Waals surface area (Å²) < 4.78 is 0. The van der Waals surface area contributed by atoms with Crippen molar-refractivity contribution in [3.8, 4) is 56.5 Å². The van der Waals surface area contributed by atoms with Gasteiger partial charge in [-0.05, 0) is 39.4 Å². The van der Waals surface area contributed by atoms with E-state index in [1.54, 1.807) is 0 Å². The molecule has 0 atom stereocenters. The monoisotopic (exact) mass is 612 g/mol. The first-order chi connectivity index (χ1) is 23.8. The van der Waals surface area contributed by atoms with Gasteiger partial charge in [0.05, 0.1) is 11.2 Å². The topological polar surface area (TPSA) is 51.6 Å². The highest BCUT2D eigenvalue weighted by Gasteiger charge is 2.15. The Balaban J connectivity index is 1.15. The third kappa shape index (κ3) is 4.97. The largest absolute Gasteiger partial charge is 0.247 e. The highest BCUT2D eigenvalue weighted by Crippen LogP contribution is 2.36. The predicted molar refractivity (Wildman–Crippen MR) is 197 cm³/mol. The molecule has 0 bridgehead atoms. The Kier molecular flexibility index (Phi) is 6.76. The number of hydrogen-bond donors (Lipinski definition) is 0. The van der Waals surface area contributed by atoms with Crippen LogP contribution in [-0.4, -0.2) is 19.9 Å². The summed E-state index contributed by atoms with van der Waals surface area (Å²) in [6, 6.07) is 58.7. The number of para-hydroxylation sites is 1. The molecule has 9 rings (SSSR count). The van der Waals surface area contributed by atoms with Gasteiger partial charge in [-0.2, -0.15) is 0 Å². The van der Waals surface area contributed by atoms with Crippen molar-refractivity contribution in [3.63, 3.8) is 0 Å². The molecule has 0 saturated heterocycles. The van der Waals surface area contributed by atoms with Crippen LogP contribution in [0.3, 0.4) is 0 Å². The zero-order chi connectivity index (χ0) is 31.9. The summed E-state index contributed by atoms with van der Waals surface area (Å²) in [5.74, 6) is 1.94. The zero-order valence-electron chi connectivity index (χ0n) is 26.0. The Bertz CT molecular complexity index is 2540. The van der Waals surface area contributed by atoms with Crippen molar-refractivity contribution in [2.45, 2.75) is 0 Å². The Morgan fingerprint density at radius 1 is 0.292 bits per heavy atom. The number of fused-ring (bicyclic) bond motifs is 4. The molecule has 2 aromatic heterocycles. The van der Waals surface area contributed by atoms with Crippen molar-refractivity contribution < 1.29 is 0 Å². The van der Waals surface area contributed by atoms with E-state index in [0.29, 0.717) is 17.5 Å². The quantitative estimate of drug-likeness (QED) is 0.181. The lowest BCUT2D eigenvalue weighted by Crippen LogP contribution is -2.00. The highest BCUT2D eigenvalue weighted by atomic mass is 15.0. The molecule has 0 unspecified atom stereocenters. The number of aromatic nitrogens is 4. The van der Waals surface area contributed by atoms with Crippen LogP contribution in [0, 0.1) is 0 Å². The Morgan fingerprint density at radius 3 is 1.52 bits per heavy atom. The van der Waals surface area contributed by atoms with Crippen LogP contribution in [-0.2, 0) is 0 Å². The average molecular weight is 613 g/mol. The van der Waals surface area contributed by atoms with Gasteiger partial charge in [-0.3, -0.25) is 0 Å². The molecule has 0 N–H and O–H groups in total. The van der Waals surface area contributed by atoms with Crippen LogP contribution in [0.4, 0.5) is 0 Å². The standard InChI is InChI=1S/C44H28N4/c1-3-12-32(13-4-1)42-46-43(33-14-5-2-6-15-33)48-44(47-42)34-27-24-29-16-11-20-35(39(29)28-34)30-22-25-31(26-23-30)41-38-19-8-7-17-36(38)37-18-9-10-21-40(37)45-41/h1-28H. The van der Waals surface area contributed by atoms with E-state index in [4.69, 9.17) is 19.9 Å². The minimum atomic E-state index is 0.643. The first-order valence-corrected chi connectivity index (χ1v) is 16.1. The van der Waals surface area contributed by atoms with Crippen LogP contribution in [0.1, 0.15) is 0 Å². The van der Waals surface area contributed by atoms with Gasteiger partial charge in [0.25, 0.3) is 0 Å². The number of hydrogen-bond acceptors (Lipinski definition) is 4. The maximum absolute atomic E-state index is 5.11. The molecule has 0 amide bonds. The van der Waals surface area contributed by atoms with E-state index in [0.717, 1.165) is 60.8 Å². The molecule has 0 radical (unpaired) electrons. The maximum Gasteiger partial charge on any atom is 0.164 e. The molecule has 0 fully saturated rings. The second-order valence-corrected chi connectivity index (χ2v) is 11.9. The van der Waals surface area contributed by atoms with Crippen LogP contribution >= 0.6 is 0 Å². The summed E-state index contributed by atoms with van der Waals surface area (Å²) in [6.07, 6.45) is 0. The van der Waals surface area contributed by atoms with Gasteiger partial charge in [-0.25, -0.2) is 19.9 Å². The molecule has 7 aromatic carbocycles. The van der Waals surface area contributed by atoms with Crippen LogP contribution in [0.25, 0.3) is 89.0 Å². The minimum absolute atomic E-state index is 0.643. The summed E-state index contributed by atoms with van der Waals surface area (Å²) in [6.45, 7) is 0. The normalized spacial score (nSPS) is 11.3. The van der Waals surface area contributed by atoms with Crippen LogP contribution in [0.2, 0.25) is 0 Å². The molecule has 0 aliphatic rings. The van der Waals surface area contributed by atoms with E-state index < -0.39 is 0 Å². The first-order valence-electron chi connectivity index (χ1n) is 16.1. The molecule has 4 nitrogen and oxygen atoms in total. The van der Waals surface area contributed by atoms with Crippen LogP contribution < -0.4 is 0 Å². The molecule has 224 valence electrons. The fourth-order valence-electron chi connectivity index (χ4n) is 6.53. The van der Waals surface area contributed by atoms with E-state index in [9.17, 15) is 0 Å². The Labute approximate surface area is 278 Å². The second kappa shape index (κ2) is 11.7. The molecule has 0 aliphatic heterocycles. The summed E-state index contributed by atoms with van der Waals surface area (Å²) in [5.41, 5.74) is 8.22. The summed E-state index contributed by atoms with van der Waals surface area (Å²) in [7, 11) is 0.